The second-order valence-corrected chi connectivity index (χ2v) is 9.35. The second kappa shape index (κ2) is 15.4. The molecule has 3 aromatic rings. The van der Waals surface area contributed by atoms with Crippen LogP contribution >= 0.6 is 0 Å². The summed E-state index contributed by atoms with van der Waals surface area (Å²) < 4.78 is 30.9. The summed E-state index contributed by atoms with van der Waals surface area (Å²) in [6.45, 7) is 3.47. The van der Waals surface area contributed by atoms with Crippen LogP contribution in [0.5, 0.6) is 0 Å². The van der Waals surface area contributed by atoms with Gasteiger partial charge in [0.2, 0.25) is 0 Å². The van der Waals surface area contributed by atoms with Gasteiger partial charge in [-0.25, -0.2) is 0 Å². The van der Waals surface area contributed by atoms with Crippen LogP contribution in [0.3, 0.4) is 0 Å². The zero-order valence-corrected chi connectivity index (χ0v) is 21.9. The first-order valence-corrected chi connectivity index (χ1v) is 13.3. The monoisotopic (exact) mass is 518 g/mol. The van der Waals surface area contributed by atoms with Crippen LogP contribution in [0.2, 0.25) is 0 Å². The first-order valence-electron chi connectivity index (χ1n) is 13.3. The predicted molar refractivity (Wildman–Crippen MR) is 146 cm³/mol. The van der Waals surface area contributed by atoms with Gasteiger partial charge in [-0.2, -0.15) is 0 Å². The van der Waals surface area contributed by atoms with E-state index in [-0.39, 0.29) is 6.61 Å². The van der Waals surface area contributed by atoms with Gasteiger partial charge in [-0.05, 0) is 29.2 Å². The number of benzene rings is 3. The lowest BCUT2D eigenvalue weighted by atomic mass is 9.98. The summed E-state index contributed by atoms with van der Waals surface area (Å²) >= 11 is 0. The van der Waals surface area contributed by atoms with E-state index in [4.69, 9.17) is 23.7 Å². The maximum Gasteiger partial charge on any atom is 0.195 e. The highest BCUT2D eigenvalue weighted by Crippen LogP contribution is 2.29. The van der Waals surface area contributed by atoms with E-state index in [2.05, 4.69) is 6.92 Å². The topological polar surface area (TPSA) is 66.4 Å². The minimum atomic E-state index is -1.20. The van der Waals surface area contributed by atoms with Crippen molar-refractivity contribution in [2.24, 2.45) is 0 Å². The largest absolute Gasteiger partial charge is 0.490 e. The molecule has 0 spiro atoms. The smallest absolute Gasteiger partial charge is 0.195 e. The normalized spacial score (nSPS) is 23.5. The first kappa shape index (κ1) is 28.0. The van der Waals surface area contributed by atoms with E-state index in [9.17, 15) is 5.11 Å². The Labute approximate surface area is 225 Å². The Kier molecular flexibility index (Phi) is 11.4. The van der Waals surface area contributed by atoms with Crippen molar-refractivity contribution >= 4 is 0 Å². The minimum Gasteiger partial charge on any atom is -0.490 e. The van der Waals surface area contributed by atoms with Gasteiger partial charge in [0.15, 0.2) is 12.4 Å². The van der Waals surface area contributed by atoms with E-state index in [0.717, 1.165) is 29.5 Å². The average Bonchev–Trinajstić information content (AvgIpc) is 2.96. The minimum absolute atomic E-state index is 0.231. The van der Waals surface area contributed by atoms with Crippen molar-refractivity contribution in [3.8, 4) is 0 Å². The van der Waals surface area contributed by atoms with Gasteiger partial charge in [0, 0.05) is 0 Å². The van der Waals surface area contributed by atoms with Gasteiger partial charge in [-0.1, -0.05) is 104 Å². The van der Waals surface area contributed by atoms with Gasteiger partial charge in [0.25, 0.3) is 0 Å². The number of allylic oxidation sites excluding steroid dienone is 1. The van der Waals surface area contributed by atoms with Crippen molar-refractivity contribution in [1.82, 2.24) is 0 Å². The Balaban J connectivity index is 1.53. The van der Waals surface area contributed by atoms with E-state index >= 15 is 0 Å². The van der Waals surface area contributed by atoms with E-state index in [1.807, 2.05) is 97.1 Å². The third kappa shape index (κ3) is 8.51. The summed E-state index contributed by atoms with van der Waals surface area (Å²) in [6, 6.07) is 29.9. The standard InChI is InChI=1S/C32H38O6/c1-2-3-13-20-35-31-30(37-23-27-18-11-6-12-19-27)29(36-22-26-16-9-5-10-17-26)28(38-32(31)33)24-34-21-25-14-7-4-8-15-25/h4-20,28-33H,2-3,21-24H2,1H3/b20-13+/t28-,29-,30+,31+,32+/m1/s1. The fraction of sp³-hybridized carbons (Fsp3) is 0.375. The van der Waals surface area contributed by atoms with Crippen molar-refractivity contribution < 1.29 is 28.8 Å². The van der Waals surface area contributed by atoms with Crippen LogP contribution < -0.4 is 0 Å². The molecule has 202 valence electrons. The van der Waals surface area contributed by atoms with Crippen molar-refractivity contribution in [3.63, 3.8) is 0 Å². The molecule has 0 unspecified atom stereocenters. The zero-order chi connectivity index (χ0) is 26.4. The number of aliphatic hydroxyl groups excluding tert-OH is 1. The van der Waals surface area contributed by atoms with Gasteiger partial charge < -0.3 is 28.8 Å². The highest BCUT2D eigenvalue weighted by molar-refractivity contribution is 5.15. The maximum absolute atomic E-state index is 11.0. The van der Waals surface area contributed by atoms with Gasteiger partial charge in [0.05, 0.1) is 32.7 Å². The van der Waals surface area contributed by atoms with Crippen molar-refractivity contribution in [2.75, 3.05) is 6.61 Å². The van der Waals surface area contributed by atoms with Crippen molar-refractivity contribution in [1.29, 1.82) is 0 Å². The lowest BCUT2D eigenvalue weighted by Crippen LogP contribution is -2.60. The molecule has 5 atom stereocenters. The molecule has 6 nitrogen and oxygen atoms in total. The van der Waals surface area contributed by atoms with E-state index in [1.54, 1.807) is 6.26 Å². The summed E-state index contributed by atoms with van der Waals surface area (Å²) in [5.41, 5.74) is 3.11. The SMILES string of the molecule is CCC/C=C/O[C@H]1[C@@H](OCc2ccccc2)[C@H](OCc2ccccc2)[C@@H](COCc2ccccc2)O[C@@H]1O. The molecule has 1 aliphatic rings. The van der Waals surface area contributed by atoms with Crippen LogP contribution in [-0.4, -0.2) is 42.4 Å². The molecule has 0 aromatic heterocycles. The summed E-state index contributed by atoms with van der Waals surface area (Å²) in [5, 5.41) is 11.0. The lowest BCUT2D eigenvalue weighted by molar-refractivity contribution is -0.307. The van der Waals surface area contributed by atoms with Gasteiger partial charge in [-0.15, -0.1) is 0 Å². The van der Waals surface area contributed by atoms with Crippen LogP contribution in [0, 0.1) is 0 Å². The Hall–Kier alpha value is -3.00. The van der Waals surface area contributed by atoms with E-state index in [1.165, 1.54) is 0 Å². The Bertz CT molecular complexity index is 1060. The summed E-state index contributed by atoms with van der Waals surface area (Å²) in [5.74, 6) is 0. The number of ether oxygens (including phenoxy) is 5. The van der Waals surface area contributed by atoms with Gasteiger partial charge in [0.1, 0.15) is 18.3 Å². The summed E-state index contributed by atoms with van der Waals surface area (Å²) in [7, 11) is 0. The molecule has 1 fully saturated rings. The van der Waals surface area contributed by atoms with Crippen LogP contribution in [0.15, 0.2) is 103 Å². The molecule has 6 heteroatoms. The molecule has 1 N–H and O–H groups in total. The molecular formula is C32H38O6. The highest BCUT2D eigenvalue weighted by Gasteiger charge is 2.48. The highest BCUT2D eigenvalue weighted by atomic mass is 16.7. The quantitative estimate of drug-likeness (QED) is 0.273. The maximum atomic E-state index is 11.0. The van der Waals surface area contributed by atoms with Gasteiger partial charge >= 0.3 is 0 Å². The molecule has 3 aromatic carbocycles. The number of hydrogen-bond donors (Lipinski definition) is 1. The van der Waals surface area contributed by atoms with Gasteiger partial charge in [-0.3, -0.25) is 0 Å². The fourth-order valence-electron chi connectivity index (χ4n) is 4.35. The van der Waals surface area contributed by atoms with Crippen LogP contribution in [0.25, 0.3) is 0 Å². The lowest BCUT2D eigenvalue weighted by Gasteiger charge is -2.44. The number of rotatable bonds is 14. The molecule has 0 amide bonds. The summed E-state index contributed by atoms with van der Waals surface area (Å²) in [6.07, 6.45) is 1.78. The molecule has 1 saturated heterocycles. The van der Waals surface area contributed by atoms with Crippen molar-refractivity contribution in [3.05, 3.63) is 120 Å². The van der Waals surface area contributed by atoms with Crippen LogP contribution in [0.1, 0.15) is 36.5 Å². The molecule has 0 bridgehead atoms. The molecule has 1 heterocycles. The van der Waals surface area contributed by atoms with E-state index in [0.29, 0.717) is 19.8 Å². The Morgan fingerprint density at radius 1 is 0.711 bits per heavy atom. The molecule has 0 aliphatic carbocycles. The zero-order valence-electron chi connectivity index (χ0n) is 21.9. The molecule has 4 rings (SSSR count). The Morgan fingerprint density at radius 3 is 1.79 bits per heavy atom. The molecule has 0 saturated carbocycles. The molecule has 38 heavy (non-hydrogen) atoms. The molecule has 0 radical (unpaired) electrons. The predicted octanol–water partition coefficient (Wildman–Crippen LogP) is 5.79. The average molecular weight is 519 g/mol. The van der Waals surface area contributed by atoms with E-state index < -0.39 is 30.7 Å². The summed E-state index contributed by atoms with van der Waals surface area (Å²) in [4.78, 5) is 0. The third-order valence-corrected chi connectivity index (χ3v) is 6.36. The number of unbranched alkanes of at least 4 members (excludes halogenated alkanes) is 1. The third-order valence-electron chi connectivity index (χ3n) is 6.36. The second-order valence-electron chi connectivity index (χ2n) is 9.35. The fourth-order valence-corrected chi connectivity index (χ4v) is 4.35. The number of aliphatic hydroxyl groups is 1. The first-order chi connectivity index (χ1) is 18.7. The van der Waals surface area contributed by atoms with Crippen LogP contribution in [0.4, 0.5) is 0 Å². The molecule has 1 aliphatic heterocycles. The molecular weight excluding hydrogens is 480 g/mol. The number of hydrogen-bond acceptors (Lipinski definition) is 6. The Morgan fingerprint density at radius 2 is 1.24 bits per heavy atom. The van der Waals surface area contributed by atoms with Crippen molar-refractivity contribution in [2.45, 2.75) is 70.3 Å². The van der Waals surface area contributed by atoms with Crippen LogP contribution in [-0.2, 0) is 43.5 Å².